The number of aromatic hydroxyl groups is 1. The van der Waals surface area contributed by atoms with Crippen molar-refractivity contribution in [3.63, 3.8) is 0 Å². The summed E-state index contributed by atoms with van der Waals surface area (Å²) in [5.41, 5.74) is 9.34. The molecule has 0 spiro atoms. The van der Waals surface area contributed by atoms with Crippen LogP contribution in [0.4, 0.5) is 11.4 Å². The Morgan fingerprint density at radius 3 is 1.90 bits per heavy atom. The van der Waals surface area contributed by atoms with Crippen molar-refractivity contribution in [3.8, 4) is 5.75 Å². The van der Waals surface area contributed by atoms with Gasteiger partial charge < -0.3 is 20.6 Å². The van der Waals surface area contributed by atoms with Gasteiger partial charge in [0.25, 0.3) is 0 Å². The fourth-order valence-electron chi connectivity index (χ4n) is 2.38. The molecule has 0 saturated heterocycles. The predicted octanol–water partition coefficient (Wildman–Crippen LogP) is 2.59. The summed E-state index contributed by atoms with van der Waals surface area (Å²) in [7, 11) is 6.07. The largest absolute Gasteiger partial charge is 0.508 e. The van der Waals surface area contributed by atoms with E-state index < -0.39 is 0 Å². The number of benzene rings is 2. The van der Waals surface area contributed by atoms with Crippen molar-refractivity contribution < 1.29 is 5.11 Å². The molecule has 0 saturated carbocycles. The summed E-state index contributed by atoms with van der Waals surface area (Å²) >= 11 is 0. The topological polar surface area (TPSA) is 52.7 Å². The van der Waals surface area contributed by atoms with Crippen LogP contribution in [0, 0.1) is 0 Å². The highest BCUT2D eigenvalue weighted by Crippen LogP contribution is 2.27. The van der Waals surface area contributed by atoms with E-state index in [0.717, 1.165) is 5.69 Å². The number of rotatable bonds is 5. The quantitative estimate of drug-likeness (QED) is 0.886. The Labute approximate surface area is 126 Å². The molecule has 4 nitrogen and oxygen atoms in total. The highest BCUT2D eigenvalue weighted by molar-refractivity contribution is 5.52. The second kappa shape index (κ2) is 6.50. The maximum Gasteiger partial charge on any atom is 0.115 e. The molecule has 0 aromatic heterocycles. The van der Waals surface area contributed by atoms with Gasteiger partial charge >= 0.3 is 0 Å². The lowest BCUT2D eigenvalue weighted by atomic mass is 10.0. The number of anilines is 2. The minimum absolute atomic E-state index is 0.103. The molecule has 0 radical (unpaired) electrons. The van der Waals surface area contributed by atoms with Gasteiger partial charge in [0, 0.05) is 39.1 Å². The summed E-state index contributed by atoms with van der Waals surface area (Å²) in [5, 5.41) is 9.39. The maximum absolute atomic E-state index is 9.39. The molecule has 4 heteroatoms. The van der Waals surface area contributed by atoms with Gasteiger partial charge in [-0.3, -0.25) is 0 Å². The molecule has 1 unspecified atom stereocenters. The summed E-state index contributed by atoms with van der Waals surface area (Å²) in [6.07, 6.45) is 0. The number of nitrogens with two attached hydrogens (primary N) is 1. The Hall–Kier alpha value is -2.20. The van der Waals surface area contributed by atoms with E-state index in [1.165, 1.54) is 11.3 Å². The van der Waals surface area contributed by atoms with Gasteiger partial charge in [0.1, 0.15) is 5.75 Å². The smallest absolute Gasteiger partial charge is 0.115 e. The molecule has 112 valence electrons. The first-order valence-corrected chi connectivity index (χ1v) is 7.02. The summed E-state index contributed by atoms with van der Waals surface area (Å²) < 4.78 is 0. The zero-order valence-corrected chi connectivity index (χ0v) is 12.8. The lowest BCUT2D eigenvalue weighted by Gasteiger charge is -2.30. The second-order valence-electron chi connectivity index (χ2n) is 5.36. The van der Waals surface area contributed by atoms with E-state index in [9.17, 15) is 5.11 Å². The molecule has 3 N–H and O–H groups in total. The normalized spacial score (nSPS) is 12.0. The molecule has 21 heavy (non-hydrogen) atoms. The Bertz CT molecular complexity index is 564. The van der Waals surface area contributed by atoms with Gasteiger partial charge in [-0.2, -0.15) is 0 Å². The molecule has 1 atom stereocenters. The molecule has 0 bridgehead atoms. The van der Waals surface area contributed by atoms with Crippen LogP contribution in [0.1, 0.15) is 11.6 Å². The Morgan fingerprint density at radius 2 is 1.43 bits per heavy atom. The van der Waals surface area contributed by atoms with Gasteiger partial charge in [-0.1, -0.05) is 12.1 Å². The first kappa shape index (κ1) is 15.2. The zero-order valence-electron chi connectivity index (χ0n) is 12.8. The minimum Gasteiger partial charge on any atom is -0.508 e. The lowest BCUT2D eigenvalue weighted by molar-refractivity contribution is 0.475. The minimum atomic E-state index is 0.103. The van der Waals surface area contributed by atoms with Crippen molar-refractivity contribution in [1.29, 1.82) is 0 Å². The molecule has 0 aliphatic heterocycles. The number of likely N-dealkylation sites (N-methyl/N-ethyl adjacent to an activating group) is 1. The first-order valence-electron chi connectivity index (χ1n) is 7.02. The number of phenols is 1. The summed E-state index contributed by atoms with van der Waals surface area (Å²) in [6, 6.07) is 15.7. The highest BCUT2D eigenvalue weighted by atomic mass is 16.3. The molecular weight excluding hydrogens is 262 g/mol. The van der Waals surface area contributed by atoms with Crippen molar-refractivity contribution in [3.05, 3.63) is 54.1 Å². The zero-order chi connectivity index (χ0) is 15.4. The fraction of sp³-hybridized carbons (Fsp3) is 0.294. The van der Waals surface area contributed by atoms with Crippen molar-refractivity contribution in [2.45, 2.75) is 6.04 Å². The monoisotopic (exact) mass is 285 g/mol. The molecule has 2 rings (SSSR count). The lowest BCUT2D eigenvalue weighted by Crippen LogP contribution is -2.30. The van der Waals surface area contributed by atoms with E-state index in [2.05, 4.69) is 34.1 Å². The van der Waals surface area contributed by atoms with E-state index in [4.69, 9.17) is 5.73 Å². The van der Waals surface area contributed by atoms with Crippen LogP contribution in [-0.4, -0.2) is 32.8 Å². The maximum atomic E-state index is 9.39. The Kier molecular flexibility index (Phi) is 4.70. The van der Waals surface area contributed by atoms with E-state index in [0.29, 0.717) is 6.54 Å². The average molecular weight is 285 g/mol. The first-order chi connectivity index (χ1) is 10.0. The predicted molar refractivity (Wildman–Crippen MR) is 89.1 cm³/mol. The molecule has 0 heterocycles. The summed E-state index contributed by atoms with van der Waals surface area (Å²) in [6.45, 7) is 0.526. The molecular formula is C17H23N3O. The summed E-state index contributed by atoms with van der Waals surface area (Å²) in [4.78, 5) is 4.20. The molecule has 0 fully saturated rings. The molecule has 0 aliphatic rings. The van der Waals surface area contributed by atoms with Gasteiger partial charge in [-0.15, -0.1) is 0 Å². The van der Waals surface area contributed by atoms with Crippen LogP contribution < -0.4 is 15.5 Å². The third-order valence-corrected chi connectivity index (χ3v) is 3.74. The third kappa shape index (κ3) is 3.47. The number of phenolic OH excluding ortho intramolecular Hbond substituents is 1. The van der Waals surface area contributed by atoms with Crippen molar-refractivity contribution in [2.24, 2.45) is 5.73 Å². The van der Waals surface area contributed by atoms with E-state index in [1.807, 2.05) is 33.3 Å². The van der Waals surface area contributed by atoms with Crippen LogP contribution in [0.15, 0.2) is 48.5 Å². The third-order valence-electron chi connectivity index (χ3n) is 3.74. The Balaban J connectivity index is 2.23. The van der Waals surface area contributed by atoms with Crippen LogP contribution in [0.5, 0.6) is 5.75 Å². The van der Waals surface area contributed by atoms with Gasteiger partial charge in [0.2, 0.25) is 0 Å². The molecule has 0 aliphatic carbocycles. The average Bonchev–Trinajstić information content (AvgIpc) is 2.49. The van der Waals surface area contributed by atoms with Crippen molar-refractivity contribution in [2.75, 3.05) is 37.5 Å². The summed E-state index contributed by atoms with van der Waals surface area (Å²) in [5.74, 6) is 0.270. The van der Waals surface area contributed by atoms with E-state index >= 15 is 0 Å². The highest BCUT2D eigenvalue weighted by Gasteiger charge is 2.16. The van der Waals surface area contributed by atoms with E-state index in [1.54, 1.807) is 12.1 Å². The fourth-order valence-corrected chi connectivity index (χ4v) is 2.38. The van der Waals surface area contributed by atoms with Crippen molar-refractivity contribution in [1.82, 2.24) is 0 Å². The van der Waals surface area contributed by atoms with E-state index in [-0.39, 0.29) is 11.8 Å². The van der Waals surface area contributed by atoms with Crippen LogP contribution in [0.2, 0.25) is 0 Å². The van der Waals surface area contributed by atoms with Crippen LogP contribution in [-0.2, 0) is 0 Å². The number of hydrogen-bond donors (Lipinski definition) is 2. The molecule has 2 aromatic carbocycles. The molecule has 2 aromatic rings. The number of hydrogen-bond acceptors (Lipinski definition) is 4. The standard InChI is InChI=1S/C17H23N3O/c1-19(2)14-6-4-13(5-7-14)17(12-18)20(3)15-8-10-16(21)11-9-15/h4-11,17,21H,12,18H2,1-3H3. The Morgan fingerprint density at radius 1 is 0.905 bits per heavy atom. The van der Waals surface area contributed by atoms with Crippen LogP contribution >= 0.6 is 0 Å². The van der Waals surface area contributed by atoms with Gasteiger partial charge in [-0.25, -0.2) is 0 Å². The van der Waals surface area contributed by atoms with Gasteiger partial charge in [-0.05, 0) is 42.0 Å². The number of nitrogens with zero attached hydrogens (tertiary/aromatic N) is 2. The van der Waals surface area contributed by atoms with Crippen molar-refractivity contribution >= 4 is 11.4 Å². The molecule has 0 amide bonds. The SMILES string of the molecule is CN(C)c1ccc(C(CN)N(C)c2ccc(O)cc2)cc1. The van der Waals surface area contributed by atoms with Crippen LogP contribution in [0.25, 0.3) is 0 Å². The van der Waals surface area contributed by atoms with Gasteiger partial charge in [0.15, 0.2) is 0 Å². The van der Waals surface area contributed by atoms with Gasteiger partial charge in [0.05, 0.1) is 6.04 Å². The second-order valence-corrected chi connectivity index (χ2v) is 5.36. The van der Waals surface area contributed by atoms with Crippen LogP contribution in [0.3, 0.4) is 0 Å².